The summed E-state index contributed by atoms with van der Waals surface area (Å²) in [4.78, 5) is 108. The number of aromatic nitrogens is 5. The van der Waals surface area contributed by atoms with Gasteiger partial charge in [0.1, 0.15) is 17.0 Å². The molecular weight excluding hydrogens is 947 g/mol. The highest BCUT2D eigenvalue weighted by molar-refractivity contribution is 6.25. The Balaban J connectivity index is 0.666. The molecule has 2 aromatic carbocycles. The van der Waals surface area contributed by atoms with Gasteiger partial charge in [0.05, 0.1) is 23.4 Å². The van der Waals surface area contributed by atoms with Crippen molar-refractivity contribution in [3.63, 3.8) is 0 Å². The number of allylic oxidation sites excluding steroid dienone is 1. The summed E-state index contributed by atoms with van der Waals surface area (Å²) in [6.45, 7) is 13.0. The highest BCUT2D eigenvalue weighted by atomic mass is 16.3. The van der Waals surface area contributed by atoms with Crippen LogP contribution in [0.3, 0.4) is 0 Å². The molecule has 0 bridgehead atoms. The minimum atomic E-state index is -1.19. The van der Waals surface area contributed by atoms with Crippen molar-refractivity contribution in [2.24, 2.45) is 0 Å². The molecule has 21 nitrogen and oxygen atoms in total. The first-order valence-corrected chi connectivity index (χ1v) is 25.5. The summed E-state index contributed by atoms with van der Waals surface area (Å²) in [7, 11) is 0. The lowest BCUT2D eigenvalue weighted by Gasteiger charge is -2.36. The second-order valence-electron chi connectivity index (χ2n) is 19.3. The molecule has 0 spiro atoms. The molecule has 74 heavy (non-hydrogen) atoms. The van der Waals surface area contributed by atoms with Crippen LogP contribution < -0.4 is 37.0 Å². The monoisotopic (exact) mass is 1010 g/mol. The Bertz CT molecular complexity index is 2960. The molecule has 390 valence electrons. The molecule has 0 saturated carbocycles. The number of hydrogen-bond acceptors (Lipinski definition) is 15. The summed E-state index contributed by atoms with van der Waals surface area (Å²) >= 11 is 0. The number of amides is 6. The van der Waals surface area contributed by atoms with Crippen LogP contribution in [0.4, 0.5) is 23.0 Å². The van der Waals surface area contributed by atoms with E-state index in [1.165, 1.54) is 16.9 Å². The van der Waals surface area contributed by atoms with Gasteiger partial charge in [0.15, 0.2) is 11.5 Å². The quantitative estimate of drug-likeness (QED) is 0.0289. The number of pyridine rings is 1. The van der Waals surface area contributed by atoms with E-state index in [4.69, 9.17) is 4.98 Å². The van der Waals surface area contributed by atoms with Crippen molar-refractivity contribution in [2.45, 2.75) is 96.2 Å². The highest BCUT2D eigenvalue weighted by Gasteiger charge is 2.45. The Labute approximate surface area is 428 Å². The summed E-state index contributed by atoms with van der Waals surface area (Å²) in [5, 5.41) is 25.5. The molecule has 6 amide bonds. The molecule has 1 unspecified atom stereocenters. The van der Waals surface area contributed by atoms with E-state index in [0.717, 1.165) is 87.5 Å². The van der Waals surface area contributed by atoms with Crippen molar-refractivity contribution in [3.8, 4) is 5.82 Å². The molecule has 5 aromatic rings. The van der Waals surface area contributed by atoms with Crippen LogP contribution in [-0.2, 0) is 31.3 Å². The van der Waals surface area contributed by atoms with Gasteiger partial charge in [-0.25, -0.2) is 19.3 Å². The van der Waals surface area contributed by atoms with E-state index in [0.29, 0.717) is 66.7 Å². The molecule has 3 aliphatic heterocycles. The number of fused-ring (bicyclic) bond motifs is 2. The first-order chi connectivity index (χ1) is 35.7. The number of aliphatic hydroxyl groups is 1. The number of nitrogens with one attached hydrogen (secondary N) is 5. The Morgan fingerprint density at radius 1 is 0.824 bits per heavy atom. The fraction of sp³-hybridized carbons (Fsp3) is 0.434. The SMILES string of the molecule is C=CCn1c(=O)c2cnc(Nc3ccc(N4CCN(CCCC(=O)NCCCCCCCC(=O)NCCNc5cccc6c5C(=O)N(C5CCC(=O)NC5=O)C6=O)CC4)cc3)nc2n1-c1cccc(C(C)(C)O)n1. The van der Waals surface area contributed by atoms with Crippen molar-refractivity contribution in [3.05, 3.63) is 107 Å². The van der Waals surface area contributed by atoms with Crippen LogP contribution in [0.15, 0.2) is 84.3 Å². The van der Waals surface area contributed by atoms with Crippen molar-refractivity contribution < 1.29 is 33.9 Å². The van der Waals surface area contributed by atoms with Gasteiger partial charge in [-0.3, -0.25) is 48.7 Å². The predicted molar refractivity (Wildman–Crippen MR) is 279 cm³/mol. The maximum absolute atomic E-state index is 13.4. The Hall–Kier alpha value is -7.78. The smallest absolute Gasteiger partial charge is 0.278 e. The lowest BCUT2D eigenvalue weighted by molar-refractivity contribution is -0.136. The number of imide groups is 2. The topological polar surface area (TPSA) is 258 Å². The third kappa shape index (κ3) is 12.5. The van der Waals surface area contributed by atoms with E-state index < -0.39 is 35.3 Å². The molecule has 2 saturated heterocycles. The average molecular weight is 1010 g/mol. The highest BCUT2D eigenvalue weighted by Crippen LogP contribution is 2.32. The van der Waals surface area contributed by atoms with Crippen LogP contribution in [0.25, 0.3) is 16.9 Å². The first kappa shape index (κ1) is 52.5. The zero-order valence-electron chi connectivity index (χ0n) is 42.0. The number of unbranched alkanes of at least 4 members (excludes halogenated alkanes) is 4. The Morgan fingerprint density at radius 2 is 1.54 bits per heavy atom. The first-order valence-electron chi connectivity index (χ1n) is 25.5. The minimum absolute atomic E-state index is 0.0449. The van der Waals surface area contributed by atoms with Gasteiger partial charge in [0, 0.05) is 88.3 Å². The standard InChI is InChI=1S/C53H65N13O8/c1-4-28-64-49(71)38-34-57-52(61-47(38)66(64)42-16-11-15-41(59-42)53(2,3)74)58-35-19-21-36(22-20-35)63-32-30-62(31-33-63)29-12-18-44(68)55-25-9-7-5-6-8-17-43(67)56-27-26-54-39-14-10-13-37-46(39)51(73)65(50(37)72)40-23-24-45(69)60-48(40)70/h4,10-11,13-16,19-22,34,40,54,74H,1,5-9,12,17-18,23-33H2,2-3H3,(H,55,68)(H,56,67)(H,57,58,61)(H,60,69,70). The number of hydrogen-bond donors (Lipinski definition) is 6. The maximum Gasteiger partial charge on any atom is 0.278 e. The normalized spacial score (nSPS) is 16.1. The summed E-state index contributed by atoms with van der Waals surface area (Å²) in [6, 6.07) is 17.2. The average Bonchev–Trinajstić information content (AvgIpc) is 3.81. The van der Waals surface area contributed by atoms with E-state index in [9.17, 15) is 38.7 Å². The van der Waals surface area contributed by atoms with E-state index in [-0.39, 0.29) is 47.9 Å². The molecule has 3 aliphatic rings. The number of piperazine rings is 1. The van der Waals surface area contributed by atoms with Gasteiger partial charge in [-0.2, -0.15) is 4.98 Å². The Kier molecular flexibility index (Phi) is 16.9. The molecule has 0 radical (unpaired) electrons. The second kappa shape index (κ2) is 23.8. The van der Waals surface area contributed by atoms with Crippen LogP contribution in [-0.4, -0.2) is 133 Å². The number of rotatable bonds is 24. The molecule has 8 rings (SSSR count). The summed E-state index contributed by atoms with van der Waals surface area (Å²) in [5.74, 6) is -1.52. The second-order valence-corrected chi connectivity index (χ2v) is 19.3. The number of nitrogens with zero attached hydrogens (tertiary/aromatic N) is 8. The zero-order valence-corrected chi connectivity index (χ0v) is 42.0. The molecule has 0 aliphatic carbocycles. The number of benzene rings is 2. The minimum Gasteiger partial charge on any atom is -0.384 e. The van der Waals surface area contributed by atoms with Crippen LogP contribution in [0, 0.1) is 0 Å². The fourth-order valence-electron chi connectivity index (χ4n) is 9.47. The van der Waals surface area contributed by atoms with Gasteiger partial charge in [0.25, 0.3) is 17.4 Å². The lowest BCUT2D eigenvalue weighted by atomic mass is 10.0. The van der Waals surface area contributed by atoms with Gasteiger partial charge >= 0.3 is 0 Å². The van der Waals surface area contributed by atoms with Gasteiger partial charge in [0.2, 0.25) is 29.6 Å². The van der Waals surface area contributed by atoms with Gasteiger partial charge in [-0.05, 0) is 94.6 Å². The number of carbonyl (C=O) groups excluding carboxylic acids is 6. The van der Waals surface area contributed by atoms with E-state index in [2.05, 4.69) is 65.1 Å². The third-order valence-electron chi connectivity index (χ3n) is 13.4. The maximum atomic E-state index is 13.4. The third-order valence-corrected chi connectivity index (χ3v) is 13.4. The predicted octanol–water partition coefficient (Wildman–Crippen LogP) is 4.12. The number of piperidine rings is 1. The van der Waals surface area contributed by atoms with E-state index in [1.54, 1.807) is 54.9 Å². The van der Waals surface area contributed by atoms with Crippen molar-refractivity contribution >= 4 is 69.5 Å². The van der Waals surface area contributed by atoms with Gasteiger partial charge < -0.3 is 31.3 Å². The summed E-state index contributed by atoms with van der Waals surface area (Å²) in [5.41, 5.74) is 2.05. The molecule has 6 heterocycles. The molecule has 3 aromatic heterocycles. The van der Waals surface area contributed by atoms with Crippen molar-refractivity contribution in [1.82, 2.24) is 50.1 Å². The van der Waals surface area contributed by atoms with Gasteiger partial charge in [-0.15, -0.1) is 6.58 Å². The van der Waals surface area contributed by atoms with Crippen molar-refractivity contribution in [2.75, 3.05) is 67.9 Å². The molecule has 2 fully saturated rings. The van der Waals surface area contributed by atoms with Crippen LogP contribution in [0.5, 0.6) is 0 Å². The molecule has 21 heteroatoms. The number of anilines is 4. The zero-order chi connectivity index (χ0) is 52.4. The van der Waals surface area contributed by atoms with Crippen molar-refractivity contribution in [1.29, 1.82) is 0 Å². The van der Waals surface area contributed by atoms with Crippen LogP contribution in [0.1, 0.15) is 104 Å². The van der Waals surface area contributed by atoms with E-state index >= 15 is 0 Å². The Morgan fingerprint density at radius 3 is 2.28 bits per heavy atom. The van der Waals surface area contributed by atoms with Gasteiger partial charge in [-0.1, -0.05) is 37.5 Å². The number of carbonyl (C=O) groups is 6. The van der Waals surface area contributed by atoms with Crippen LogP contribution in [0.2, 0.25) is 0 Å². The summed E-state index contributed by atoms with van der Waals surface area (Å²) < 4.78 is 3.12. The van der Waals surface area contributed by atoms with Crippen LogP contribution >= 0.6 is 0 Å². The molecular formula is C53H65N13O8. The lowest BCUT2D eigenvalue weighted by Crippen LogP contribution is -2.54. The fourth-order valence-corrected chi connectivity index (χ4v) is 9.47. The largest absolute Gasteiger partial charge is 0.384 e. The summed E-state index contributed by atoms with van der Waals surface area (Å²) in [6.07, 6.45) is 9.37. The van der Waals surface area contributed by atoms with E-state index in [1.807, 2.05) is 12.1 Å². The molecule has 1 atom stereocenters. The molecule has 6 N–H and O–H groups in total.